The molecule has 1 atom stereocenters. The van der Waals surface area contributed by atoms with Crippen LogP contribution >= 0.6 is 0 Å². The number of hydrogen-bond donors (Lipinski definition) is 1. The Hall–Kier alpha value is -1.22. The van der Waals surface area contributed by atoms with Crippen molar-refractivity contribution in [3.63, 3.8) is 0 Å². The van der Waals surface area contributed by atoms with Gasteiger partial charge in [0, 0.05) is 17.5 Å². The average Bonchev–Trinajstić information content (AvgIpc) is 2.77. The van der Waals surface area contributed by atoms with Crippen LogP contribution in [0, 0.1) is 0 Å². The minimum atomic E-state index is 0.299. The molecule has 2 aliphatic rings. The predicted molar refractivity (Wildman–Crippen MR) is 71.6 cm³/mol. The fourth-order valence-electron chi connectivity index (χ4n) is 3.08. The zero-order valence-corrected chi connectivity index (χ0v) is 11.2. The van der Waals surface area contributed by atoms with Gasteiger partial charge in [0.1, 0.15) is 17.6 Å². The molecule has 0 saturated carbocycles. The first-order valence-corrected chi connectivity index (χ1v) is 6.86. The van der Waals surface area contributed by atoms with Gasteiger partial charge in [0.05, 0.1) is 7.11 Å². The van der Waals surface area contributed by atoms with Gasteiger partial charge in [-0.05, 0) is 50.9 Å². The van der Waals surface area contributed by atoms with Crippen molar-refractivity contribution in [2.24, 2.45) is 0 Å². The molecule has 3 nitrogen and oxygen atoms in total. The monoisotopic (exact) mass is 247 g/mol. The molecule has 2 aliphatic heterocycles. The molecule has 0 radical (unpaired) electrons. The summed E-state index contributed by atoms with van der Waals surface area (Å²) in [6, 6.07) is 4.39. The molecule has 2 heterocycles. The van der Waals surface area contributed by atoms with Crippen molar-refractivity contribution in [3.8, 4) is 11.5 Å². The number of ether oxygens (including phenoxy) is 2. The average molecular weight is 247 g/mol. The van der Waals surface area contributed by atoms with E-state index in [1.54, 1.807) is 7.11 Å². The first kappa shape index (κ1) is 11.8. The third-order valence-electron chi connectivity index (χ3n) is 4.03. The normalized spacial score (nSPS) is 23.6. The van der Waals surface area contributed by atoms with E-state index in [1.165, 1.54) is 24.0 Å². The SMILES string of the molecule is COc1cc2c(cc1C1CCNCC1)OC(C)C2. The Kier molecular flexibility index (Phi) is 3.16. The molecule has 1 aromatic carbocycles. The van der Waals surface area contributed by atoms with E-state index in [0.717, 1.165) is 31.0 Å². The van der Waals surface area contributed by atoms with E-state index < -0.39 is 0 Å². The van der Waals surface area contributed by atoms with Crippen LogP contribution < -0.4 is 14.8 Å². The lowest BCUT2D eigenvalue weighted by Gasteiger charge is -2.25. The molecule has 0 bridgehead atoms. The van der Waals surface area contributed by atoms with E-state index in [-0.39, 0.29) is 0 Å². The number of hydrogen-bond acceptors (Lipinski definition) is 3. The van der Waals surface area contributed by atoms with Gasteiger partial charge in [-0.15, -0.1) is 0 Å². The van der Waals surface area contributed by atoms with Gasteiger partial charge in [-0.25, -0.2) is 0 Å². The Labute approximate surface area is 108 Å². The quantitative estimate of drug-likeness (QED) is 0.871. The van der Waals surface area contributed by atoms with Crippen LogP contribution in [0.2, 0.25) is 0 Å². The number of rotatable bonds is 2. The molecule has 0 aromatic heterocycles. The summed E-state index contributed by atoms with van der Waals surface area (Å²) < 4.78 is 11.4. The lowest BCUT2D eigenvalue weighted by molar-refractivity contribution is 0.254. The van der Waals surface area contributed by atoms with E-state index in [0.29, 0.717) is 12.0 Å². The van der Waals surface area contributed by atoms with E-state index in [2.05, 4.69) is 24.4 Å². The Balaban J connectivity index is 1.95. The fourth-order valence-corrected chi connectivity index (χ4v) is 3.08. The molecule has 3 heteroatoms. The van der Waals surface area contributed by atoms with Crippen LogP contribution in [0.3, 0.4) is 0 Å². The lowest BCUT2D eigenvalue weighted by Crippen LogP contribution is -2.26. The van der Waals surface area contributed by atoms with Crippen molar-refractivity contribution in [3.05, 3.63) is 23.3 Å². The summed E-state index contributed by atoms with van der Waals surface area (Å²) in [4.78, 5) is 0. The summed E-state index contributed by atoms with van der Waals surface area (Å²) in [5, 5.41) is 3.41. The van der Waals surface area contributed by atoms with Crippen molar-refractivity contribution in [1.82, 2.24) is 5.32 Å². The number of nitrogens with one attached hydrogen (secondary N) is 1. The second-order valence-corrected chi connectivity index (χ2v) is 5.36. The van der Waals surface area contributed by atoms with Crippen LogP contribution in [0.1, 0.15) is 36.8 Å². The van der Waals surface area contributed by atoms with Crippen LogP contribution in [0.5, 0.6) is 11.5 Å². The summed E-state index contributed by atoms with van der Waals surface area (Å²) in [6.45, 7) is 4.32. The summed E-state index contributed by atoms with van der Waals surface area (Å²) >= 11 is 0. The molecule has 0 spiro atoms. The van der Waals surface area contributed by atoms with E-state index in [9.17, 15) is 0 Å². The van der Waals surface area contributed by atoms with Gasteiger partial charge in [0.25, 0.3) is 0 Å². The Bertz CT molecular complexity index is 438. The Morgan fingerprint density at radius 1 is 1.28 bits per heavy atom. The highest BCUT2D eigenvalue weighted by molar-refractivity contribution is 5.50. The molecule has 0 aliphatic carbocycles. The third kappa shape index (κ3) is 2.07. The molecule has 98 valence electrons. The predicted octanol–water partition coefficient (Wildman–Crippen LogP) is 2.49. The summed E-state index contributed by atoms with van der Waals surface area (Å²) in [5.74, 6) is 2.71. The molecular formula is C15H21NO2. The maximum atomic E-state index is 5.87. The van der Waals surface area contributed by atoms with Crippen molar-refractivity contribution < 1.29 is 9.47 Å². The lowest BCUT2D eigenvalue weighted by atomic mass is 9.88. The number of piperidine rings is 1. The zero-order chi connectivity index (χ0) is 12.5. The van der Waals surface area contributed by atoms with E-state index in [4.69, 9.17) is 9.47 Å². The minimum Gasteiger partial charge on any atom is -0.496 e. The van der Waals surface area contributed by atoms with Crippen LogP contribution in [0.15, 0.2) is 12.1 Å². The van der Waals surface area contributed by atoms with Gasteiger partial charge < -0.3 is 14.8 Å². The molecule has 3 rings (SSSR count). The maximum Gasteiger partial charge on any atom is 0.123 e. The van der Waals surface area contributed by atoms with Gasteiger partial charge in [0.15, 0.2) is 0 Å². The largest absolute Gasteiger partial charge is 0.496 e. The number of benzene rings is 1. The second-order valence-electron chi connectivity index (χ2n) is 5.36. The van der Waals surface area contributed by atoms with Crippen LogP contribution in [-0.2, 0) is 6.42 Å². The van der Waals surface area contributed by atoms with Gasteiger partial charge >= 0.3 is 0 Å². The van der Waals surface area contributed by atoms with Crippen LogP contribution in [-0.4, -0.2) is 26.3 Å². The molecule has 1 N–H and O–H groups in total. The van der Waals surface area contributed by atoms with Crippen molar-refractivity contribution >= 4 is 0 Å². The van der Waals surface area contributed by atoms with Crippen molar-refractivity contribution in [1.29, 1.82) is 0 Å². The molecule has 1 unspecified atom stereocenters. The number of methoxy groups -OCH3 is 1. The molecule has 1 aromatic rings. The summed E-state index contributed by atoms with van der Waals surface area (Å²) in [5.41, 5.74) is 2.61. The van der Waals surface area contributed by atoms with E-state index in [1.807, 2.05) is 0 Å². The first-order chi connectivity index (χ1) is 8.78. The van der Waals surface area contributed by atoms with Gasteiger partial charge in [-0.3, -0.25) is 0 Å². The zero-order valence-electron chi connectivity index (χ0n) is 11.2. The smallest absolute Gasteiger partial charge is 0.123 e. The minimum absolute atomic E-state index is 0.299. The first-order valence-electron chi connectivity index (χ1n) is 6.86. The molecule has 18 heavy (non-hydrogen) atoms. The van der Waals surface area contributed by atoms with Crippen molar-refractivity contribution in [2.45, 2.75) is 38.2 Å². The van der Waals surface area contributed by atoms with Crippen LogP contribution in [0.25, 0.3) is 0 Å². The number of fused-ring (bicyclic) bond motifs is 1. The Morgan fingerprint density at radius 2 is 2.06 bits per heavy atom. The highest BCUT2D eigenvalue weighted by Gasteiger charge is 2.25. The highest BCUT2D eigenvalue weighted by atomic mass is 16.5. The molecule has 1 saturated heterocycles. The maximum absolute atomic E-state index is 5.87. The van der Waals surface area contributed by atoms with Gasteiger partial charge in [-0.2, -0.15) is 0 Å². The van der Waals surface area contributed by atoms with E-state index >= 15 is 0 Å². The highest BCUT2D eigenvalue weighted by Crippen LogP contribution is 2.40. The second kappa shape index (κ2) is 4.81. The van der Waals surface area contributed by atoms with Crippen molar-refractivity contribution in [2.75, 3.05) is 20.2 Å². The summed E-state index contributed by atoms with van der Waals surface area (Å²) in [6.07, 6.45) is 3.67. The molecular weight excluding hydrogens is 226 g/mol. The van der Waals surface area contributed by atoms with Crippen LogP contribution in [0.4, 0.5) is 0 Å². The Morgan fingerprint density at radius 3 is 2.78 bits per heavy atom. The summed E-state index contributed by atoms with van der Waals surface area (Å²) in [7, 11) is 1.77. The topological polar surface area (TPSA) is 30.5 Å². The third-order valence-corrected chi connectivity index (χ3v) is 4.03. The molecule has 1 fully saturated rings. The van der Waals surface area contributed by atoms with Gasteiger partial charge in [-0.1, -0.05) is 0 Å². The fraction of sp³-hybridized carbons (Fsp3) is 0.600. The molecule has 0 amide bonds. The standard InChI is InChI=1S/C15H21NO2/c1-10-7-12-8-15(17-2)13(9-14(12)18-10)11-3-5-16-6-4-11/h8-11,16H,3-7H2,1-2H3. The van der Waals surface area contributed by atoms with Gasteiger partial charge in [0.2, 0.25) is 0 Å².